The number of amides is 1. The van der Waals surface area contributed by atoms with Gasteiger partial charge in [0.15, 0.2) is 0 Å². The average Bonchev–Trinajstić information content (AvgIpc) is 3.19. The van der Waals surface area contributed by atoms with Gasteiger partial charge in [0.1, 0.15) is 6.07 Å². The molecule has 1 fully saturated rings. The smallest absolute Gasteiger partial charge is 0.241 e. The van der Waals surface area contributed by atoms with Crippen LogP contribution in [0.2, 0.25) is 0 Å². The van der Waals surface area contributed by atoms with Crippen molar-refractivity contribution in [1.29, 1.82) is 5.26 Å². The van der Waals surface area contributed by atoms with Crippen molar-refractivity contribution in [2.75, 3.05) is 18.9 Å². The average molecular weight is 229 g/mol. The Morgan fingerprint density at radius 3 is 2.88 bits per heavy atom. The SMILES string of the molecule is CN(C(=O)CNc1ccccc1C#N)C1CC1. The van der Waals surface area contributed by atoms with Gasteiger partial charge >= 0.3 is 0 Å². The van der Waals surface area contributed by atoms with Gasteiger partial charge in [0.25, 0.3) is 0 Å². The number of nitrogens with one attached hydrogen (secondary N) is 1. The van der Waals surface area contributed by atoms with Crippen LogP contribution in [0.15, 0.2) is 24.3 Å². The van der Waals surface area contributed by atoms with Crippen LogP contribution in [-0.4, -0.2) is 30.4 Å². The van der Waals surface area contributed by atoms with Crippen LogP contribution in [-0.2, 0) is 4.79 Å². The first-order valence-corrected chi connectivity index (χ1v) is 5.71. The van der Waals surface area contributed by atoms with Crippen LogP contribution in [0.1, 0.15) is 18.4 Å². The Labute approximate surface area is 101 Å². The van der Waals surface area contributed by atoms with Gasteiger partial charge in [-0.15, -0.1) is 0 Å². The van der Waals surface area contributed by atoms with Crippen molar-refractivity contribution in [1.82, 2.24) is 4.90 Å². The monoisotopic (exact) mass is 229 g/mol. The van der Waals surface area contributed by atoms with Crippen LogP contribution < -0.4 is 5.32 Å². The van der Waals surface area contributed by atoms with Gasteiger partial charge in [-0.1, -0.05) is 12.1 Å². The zero-order chi connectivity index (χ0) is 12.3. The topological polar surface area (TPSA) is 56.1 Å². The lowest BCUT2D eigenvalue weighted by Gasteiger charge is -2.17. The number of hydrogen-bond donors (Lipinski definition) is 1. The molecule has 17 heavy (non-hydrogen) atoms. The van der Waals surface area contributed by atoms with E-state index in [4.69, 9.17) is 5.26 Å². The largest absolute Gasteiger partial charge is 0.375 e. The molecule has 0 atom stereocenters. The zero-order valence-electron chi connectivity index (χ0n) is 9.81. The molecule has 1 aromatic rings. The minimum absolute atomic E-state index is 0.0697. The summed E-state index contributed by atoms with van der Waals surface area (Å²) < 4.78 is 0. The number of rotatable bonds is 4. The third-order valence-electron chi connectivity index (χ3n) is 2.97. The summed E-state index contributed by atoms with van der Waals surface area (Å²) in [5.41, 5.74) is 1.28. The third-order valence-corrected chi connectivity index (χ3v) is 2.97. The second kappa shape index (κ2) is 4.88. The minimum Gasteiger partial charge on any atom is -0.375 e. The van der Waals surface area contributed by atoms with Crippen molar-refractivity contribution in [3.8, 4) is 6.07 Å². The predicted octanol–water partition coefficient (Wildman–Crippen LogP) is 1.59. The van der Waals surface area contributed by atoms with Crippen LogP contribution >= 0.6 is 0 Å². The van der Waals surface area contributed by atoms with Gasteiger partial charge in [-0.25, -0.2) is 0 Å². The molecule has 2 rings (SSSR count). The molecule has 4 heteroatoms. The lowest BCUT2D eigenvalue weighted by atomic mass is 10.2. The summed E-state index contributed by atoms with van der Waals surface area (Å²) in [6.45, 7) is 0.242. The van der Waals surface area contributed by atoms with Crippen molar-refractivity contribution in [3.05, 3.63) is 29.8 Å². The molecule has 1 aromatic carbocycles. The molecular weight excluding hydrogens is 214 g/mol. The molecule has 1 aliphatic rings. The van der Waals surface area contributed by atoms with E-state index in [1.54, 1.807) is 11.0 Å². The van der Waals surface area contributed by atoms with E-state index in [1.807, 2.05) is 25.2 Å². The number of benzene rings is 1. The number of nitriles is 1. The van der Waals surface area contributed by atoms with Gasteiger partial charge in [-0.05, 0) is 25.0 Å². The molecule has 0 bridgehead atoms. The van der Waals surface area contributed by atoms with Crippen LogP contribution in [0.3, 0.4) is 0 Å². The Bertz CT molecular complexity index is 460. The van der Waals surface area contributed by atoms with E-state index >= 15 is 0 Å². The fourth-order valence-electron chi connectivity index (χ4n) is 1.70. The summed E-state index contributed by atoms with van der Waals surface area (Å²) in [7, 11) is 1.83. The Morgan fingerprint density at radius 1 is 1.53 bits per heavy atom. The van der Waals surface area contributed by atoms with Gasteiger partial charge in [-0.2, -0.15) is 5.26 Å². The van der Waals surface area contributed by atoms with E-state index in [1.165, 1.54) is 0 Å². The molecule has 0 radical (unpaired) electrons. The van der Waals surface area contributed by atoms with Crippen LogP contribution in [0.4, 0.5) is 5.69 Å². The maximum atomic E-state index is 11.8. The van der Waals surface area contributed by atoms with Crippen molar-refractivity contribution in [2.45, 2.75) is 18.9 Å². The maximum absolute atomic E-state index is 11.8. The van der Waals surface area contributed by atoms with Gasteiger partial charge in [0.05, 0.1) is 17.8 Å². The Kier molecular flexibility index (Phi) is 3.29. The van der Waals surface area contributed by atoms with E-state index in [2.05, 4.69) is 11.4 Å². The van der Waals surface area contributed by atoms with E-state index in [0.717, 1.165) is 12.8 Å². The summed E-state index contributed by atoms with van der Waals surface area (Å²) >= 11 is 0. The maximum Gasteiger partial charge on any atom is 0.241 e. The fourth-order valence-corrected chi connectivity index (χ4v) is 1.70. The number of para-hydroxylation sites is 1. The lowest BCUT2D eigenvalue weighted by molar-refractivity contribution is -0.128. The lowest BCUT2D eigenvalue weighted by Crippen LogP contribution is -2.33. The molecule has 1 saturated carbocycles. The van der Waals surface area contributed by atoms with Crippen LogP contribution in [0.5, 0.6) is 0 Å². The van der Waals surface area contributed by atoms with E-state index in [-0.39, 0.29) is 12.5 Å². The second-order valence-corrected chi connectivity index (χ2v) is 4.25. The number of likely N-dealkylation sites (N-methyl/N-ethyl adjacent to an activating group) is 1. The Balaban J connectivity index is 1.93. The number of carbonyl (C=O) groups excluding carboxylic acids is 1. The van der Waals surface area contributed by atoms with Gasteiger partial charge < -0.3 is 10.2 Å². The standard InChI is InChI=1S/C13H15N3O/c1-16(11-6-7-11)13(17)9-15-12-5-3-2-4-10(12)8-14/h2-5,11,15H,6-7,9H2,1H3. The highest BCUT2D eigenvalue weighted by Gasteiger charge is 2.29. The Hall–Kier alpha value is -2.02. The number of carbonyl (C=O) groups is 1. The number of hydrogen-bond acceptors (Lipinski definition) is 3. The molecule has 0 heterocycles. The Morgan fingerprint density at radius 2 is 2.24 bits per heavy atom. The highest BCUT2D eigenvalue weighted by atomic mass is 16.2. The molecule has 0 saturated heterocycles. The molecule has 4 nitrogen and oxygen atoms in total. The van der Waals surface area contributed by atoms with Gasteiger partial charge in [0, 0.05) is 13.1 Å². The zero-order valence-corrected chi connectivity index (χ0v) is 9.81. The van der Waals surface area contributed by atoms with Crippen molar-refractivity contribution in [2.24, 2.45) is 0 Å². The summed E-state index contributed by atoms with van der Waals surface area (Å²) in [6.07, 6.45) is 2.22. The van der Waals surface area contributed by atoms with Gasteiger partial charge in [-0.3, -0.25) is 4.79 Å². The first kappa shape index (κ1) is 11.5. The number of anilines is 1. The summed E-state index contributed by atoms with van der Waals surface area (Å²) in [5.74, 6) is 0.0697. The van der Waals surface area contributed by atoms with E-state index < -0.39 is 0 Å². The second-order valence-electron chi connectivity index (χ2n) is 4.25. The molecule has 1 aliphatic carbocycles. The van der Waals surface area contributed by atoms with Crippen molar-refractivity contribution < 1.29 is 4.79 Å². The quantitative estimate of drug-likeness (QED) is 0.853. The third kappa shape index (κ3) is 2.76. The summed E-state index contributed by atoms with van der Waals surface area (Å²) in [4.78, 5) is 13.6. The van der Waals surface area contributed by atoms with Crippen LogP contribution in [0, 0.1) is 11.3 Å². The molecule has 0 aromatic heterocycles. The molecule has 0 aliphatic heterocycles. The normalized spacial score (nSPS) is 13.9. The highest BCUT2D eigenvalue weighted by Crippen LogP contribution is 2.25. The van der Waals surface area contributed by atoms with Crippen molar-refractivity contribution >= 4 is 11.6 Å². The minimum atomic E-state index is 0.0697. The summed E-state index contributed by atoms with van der Waals surface area (Å²) in [6, 6.07) is 9.72. The first-order chi connectivity index (χ1) is 8.22. The van der Waals surface area contributed by atoms with E-state index in [0.29, 0.717) is 17.3 Å². The van der Waals surface area contributed by atoms with Gasteiger partial charge in [0.2, 0.25) is 5.91 Å². The highest BCUT2D eigenvalue weighted by molar-refractivity contribution is 5.81. The molecular formula is C13H15N3O. The molecule has 0 spiro atoms. The molecule has 1 N–H and O–H groups in total. The van der Waals surface area contributed by atoms with Crippen molar-refractivity contribution in [3.63, 3.8) is 0 Å². The molecule has 1 amide bonds. The summed E-state index contributed by atoms with van der Waals surface area (Å²) in [5, 5.41) is 11.9. The van der Waals surface area contributed by atoms with Crippen LogP contribution in [0.25, 0.3) is 0 Å². The predicted molar refractivity (Wildman–Crippen MR) is 65.4 cm³/mol. The fraction of sp³-hybridized carbons (Fsp3) is 0.385. The number of nitrogens with zero attached hydrogens (tertiary/aromatic N) is 2. The molecule has 0 unspecified atom stereocenters. The first-order valence-electron chi connectivity index (χ1n) is 5.71. The van der Waals surface area contributed by atoms with E-state index in [9.17, 15) is 4.79 Å². The molecule has 88 valence electrons.